The molecule has 3 aromatic carbocycles. The summed E-state index contributed by atoms with van der Waals surface area (Å²) in [5.74, 6) is 2.07. The third-order valence-corrected chi connectivity index (χ3v) is 7.41. The summed E-state index contributed by atoms with van der Waals surface area (Å²) in [7, 11) is 0. The van der Waals surface area contributed by atoms with Gasteiger partial charge in [0, 0.05) is 0 Å². The van der Waals surface area contributed by atoms with Gasteiger partial charge < -0.3 is 4.74 Å². The first-order valence-corrected chi connectivity index (χ1v) is 13.5. The number of benzene rings is 3. The molecule has 0 aliphatic heterocycles. The monoisotopic (exact) mass is 470 g/mol. The standard InChI is InChI=1S/C33H39FO/c1-3-5-6-7-25-12-18-29(19-13-25)32-23-20-30(24-33(32)34)28-16-10-26(11-17-28)8-9-27-14-21-31(22-15-27)35-4-2/h8-11,14-17,20-25,29H,3-7,12-13,18-19H2,1-2H3/b9-8+. The fraction of sp³-hybridized carbons (Fsp3) is 0.394. The van der Waals surface area contributed by atoms with Crippen molar-refractivity contribution >= 4 is 12.2 Å². The highest BCUT2D eigenvalue weighted by molar-refractivity contribution is 5.72. The summed E-state index contributed by atoms with van der Waals surface area (Å²) in [6.45, 7) is 4.93. The molecule has 0 bridgehead atoms. The molecule has 184 valence electrons. The Bertz CT molecular complexity index is 1070. The lowest BCUT2D eigenvalue weighted by Crippen LogP contribution is -2.14. The Hall–Kier alpha value is -2.87. The Balaban J connectivity index is 1.35. The molecule has 0 aromatic heterocycles. The summed E-state index contributed by atoms with van der Waals surface area (Å²) in [6.07, 6.45) is 14.3. The molecule has 1 saturated carbocycles. The average Bonchev–Trinajstić information content (AvgIpc) is 2.89. The fourth-order valence-electron chi connectivity index (χ4n) is 5.30. The lowest BCUT2D eigenvalue weighted by Gasteiger charge is -2.29. The van der Waals surface area contributed by atoms with Crippen LogP contribution in [0.2, 0.25) is 0 Å². The van der Waals surface area contributed by atoms with Crippen LogP contribution in [0.25, 0.3) is 23.3 Å². The number of halogens is 1. The topological polar surface area (TPSA) is 9.23 Å². The van der Waals surface area contributed by atoms with Crippen molar-refractivity contribution in [2.24, 2.45) is 5.92 Å². The predicted octanol–water partition coefficient (Wildman–Crippen LogP) is 9.92. The largest absolute Gasteiger partial charge is 0.494 e. The zero-order valence-corrected chi connectivity index (χ0v) is 21.3. The van der Waals surface area contributed by atoms with Crippen molar-refractivity contribution in [1.82, 2.24) is 0 Å². The zero-order chi connectivity index (χ0) is 24.5. The van der Waals surface area contributed by atoms with Crippen LogP contribution in [0.1, 0.15) is 87.8 Å². The van der Waals surface area contributed by atoms with E-state index < -0.39 is 0 Å². The third-order valence-electron chi connectivity index (χ3n) is 7.41. The highest BCUT2D eigenvalue weighted by Crippen LogP contribution is 2.39. The Kier molecular flexibility index (Phi) is 9.17. The van der Waals surface area contributed by atoms with Gasteiger partial charge in [0.1, 0.15) is 11.6 Å². The number of rotatable bonds is 10. The van der Waals surface area contributed by atoms with Gasteiger partial charge in [-0.3, -0.25) is 0 Å². The first-order valence-electron chi connectivity index (χ1n) is 13.5. The third kappa shape index (κ3) is 7.07. The van der Waals surface area contributed by atoms with Crippen LogP contribution in [-0.2, 0) is 0 Å². The molecule has 2 heteroatoms. The van der Waals surface area contributed by atoms with E-state index in [1.807, 2.05) is 25.1 Å². The molecule has 0 amide bonds. The second-order valence-electron chi connectivity index (χ2n) is 9.91. The second kappa shape index (κ2) is 12.7. The second-order valence-corrected chi connectivity index (χ2v) is 9.91. The minimum atomic E-state index is -0.0450. The van der Waals surface area contributed by atoms with Gasteiger partial charge in [0.15, 0.2) is 0 Å². The lowest BCUT2D eigenvalue weighted by atomic mass is 9.76. The molecule has 3 aromatic rings. The molecular formula is C33H39FO. The molecule has 1 nitrogen and oxygen atoms in total. The van der Waals surface area contributed by atoms with E-state index in [2.05, 4.69) is 61.5 Å². The Morgan fingerprint density at radius 1 is 0.771 bits per heavy atom. The molecule has 0 saturated heterocycles. The highest BCUT2D eigenvalue weighted by atomic mass is 19.1. The van der Waals surface area contributed by atoms with Gasteiger partial charge in [-0.1, -0.05) is 93.3 Å². The van der Waals surface area contributed by atoms with Crippen molar-refractivity contribution in [1.29, 1.82) is 0 Å². The van der Waals surface area contributed by atoms with E-state index in [1.54, 1.807) is 6.07 Å². The van der Waals surface area contributed by atoms with Crippen molar-refractivity contribution in [3.8, 4) is 16.9 Å². The van der Waals surface area contributed by atoms with Crippen LogP contribution < -0.4 is 4.74 Å². The molecular weight excluding hydrogens is 431 g/mol. The van der Waals surface area contributed by atoms with Crippen molar-refractivity contribution < 1.29 is 9.13 Å². The molecule has 0 N–H and O–H groups in total. The molecule has 0 unspecified atom stereocenters. The molecule has 0 heterocycles. The van der Waals surface area contributed by atoms with Gasteiger partial charge in [0.05, 0.1) is 6.61 Å². The van der Waals surface area contributed by atoms with Crippen LogP contribution in [0.5, 0.6) is 5.75 Å². The normalized spacial score (nSPS) is 18.1. The van der Waals surface area contributed by atoms with Gasteiger partial charge in [0.25, 0.3) is 0 Å². The summed E-state index contributed by atoms with van der Waals surface area (Å²) < 4.78 is 20.6. The molecule has 1 fully saturated rings. The van der Waals surface area contributed by atoms with Crippen LogP contribution in [0.15, 0.2) is 66.7 Å². The number of ether oxygens (including phenoxy) is 1. The predicted molar refractivity (Wildman–Crippen MR) is 147 cm³/mol. The van der Waals surface area contributed by atoms with Gasteiger partial charge in [-0.05, 0) is 90.5 Å². The van der Waals surface area contributed by atoms with E-state index in [9.17, 15) is 0 Å². The first kappa shape index (κ1) is 25.2. The maximum Gasteiger partial charge on any atom is 0.127 e. The number of hydrogen-bond donors (Lipinski definition) is 0. The molecule has 0 radical (unpaired) electrons. The molecule has 1 aliphatic rings. The summed E-state index contributed by atoms with van der Waals surface area (Å²) in [5, 5.41) is 0. The molecule has 4 rings (SSSR count). The molecule has 0 atom stereocenters. The number of hydrogen-bond acceptors (Lipinski definition) is 1. The Morgan fingerprint density at radius 2 is 1.40 bits per heavy atom. The van der Waals surface area contributed by atoms with Crippen molar-refractivity contribution in [2.75, 3.05) is 6.61 Å². The average molecular weight is 471 g/mol. The summed E-state index contributed by atoms with van der Waals surface area (Å²) in [4.78, 5) is 0. The van der Waals surface area contributed by atoms with Crippen molar-refractivity contribution in [2.45, 2.75) is 71.1 Å². The van der Waals surface area contributed by atoms with Crippen LogP contribution >= 0.6 is 0 Å². The smallest absolute Gasteiger partial charge is 0.127 e. The van der Waals surface area contributed by atoms with E-state index in [-0.39, 0.29) is 5.82 Å². The maximum atomic E-state index is 15.1. The van der Waals surface area contributed by atoms with Gasteiger partial charge in [-0.2, -0.15) is 0 Å². The summed E-state index contributed by atoms with van der Waals surface area (Å²) in [6, 6.07) is 22.3. The fourth-order valence-corrected chi connectivity index (χ4v) is 5.30. The number of unbranched alkanes of at least 4 members (excludes halogenated alkanes) is 2. The molecule has 35 heavy (non-hydrogen) atoms. The van der Waals surface area contributed by atoms with E-state index in [4.69, 9.17) is 4.74 Å². The van der Waals surface area contributed by atoms with E-state index in [1.165, 1.54) is 38.5 Å². The summed E-state index contributed by atoms with van der Waals surface area (Å²) in [5.41, 5.74) is 5.16. The summed E-state index contributed by atoms with van der Waals surface area (Å²) >= 11 is 0. The van der Waals surface area contributed by atoms with Crippen molar-refractivity contribution in [3.05, 3.63) is 89.2 Å². The van der Waals surface area contributed by atoms with E-state index >= 15 is 4.39 Å². The Morgan fingerprint density at radius 3 is 2.00 bits per heavy atom. The Labute approximate surface area is 211 Å². The highest BCUT2D eigenvalue weighted by Gasteiger charge is 2.24. The zero-order valence-electron chi connectivity index (χ0n) is 21.3. The van der Waals surface area contributed by atoms with Gasteiger partial charge in [0.2, 0.25) is 0 Å². The van der Waals surface area contributed by atoms with Crippen LogP contribution in [-0.4, -0.2) is 6.61 Å². The van der Waals surface area contributed by atoms with Crippen LogP contribution in [0, 0.1) is 11.7 Å². The minimum Gasteiger partial charge on any atom is -0.494 e. The van der Waals surface area contributed by atoms with Gasteiger partial charge in [-0.25, -0.2) is 4.39 Å². The van der Waals surface area contributed by atoms with Gasteiger partial charge in [-0.15, -0.1) is 0 Å². The molecule has 0 spiro atoms. The molecule has 1 aliphatic carbocycles. The van der Waals surface area contributed by atoms with Crippen molar-refractivity contribution in [3.63, 3.8) is 0 Å². The van der Waals surface area contributed by atoms with Gasteiger partial charge >= 0.3 is 0 Å². The first-order chi connectivity index (χ1) is 17.2. The van der Waals surface area contributed by atoms with E-state index in [0.717, 1.165) is 52.3 Å². The van der Waals surface area contributed by atoms with E-state index in [0.29, 0.717) is 12.5 Å². The quantitative estimate of drug-likeness (QED) is 0.212. The van der Waals surface area contributed by atoms with Crippen LogP contribution in [0.3, 0.4) is 0 Å². The minimum absolute atomic E-state index is 0.0450. The maximum absolute atomic E-state index is 15.1. The van der Waals surface area contributed by atoms with Crippen LogP contribution in [0.4, 0.5) is 4.39 Å². The SMILES string of the molecule is CCCCCC1CCC(c2ccc(-c3ccc(/C=C/c4ccc(OCC)cc4)cc3)cc2F)CC1. The lowest BCUT2D eigenvalue weighted by molar-refractivity contribution is 0.299.